The van der Waals surface area contributed by atoms with Gasteiger partial charge in [0.25, 0.3) is 5.91 Å². The third-order valence-electron chi connectivity index (χ3n) is 2.91. The molecule has 0 bridgehead atoms. The average Bonchev–Trinajstić information content (AvgIpc) is 2.47. The fourth-order valence-corrected chi connectivity index (χ4v) is 2.53. The quantitative estimate of drug-likeness (QED) is 0.742. The molecule has 1 unspecified atom stereocenters. The van der Waals surface area contributed by atoms with Gasteiger partial charge < -0.3 is 15.3 Å². The summed E-state index contributed by atoms with van der Waals surface area (Å²) in [5, 5.41) is 11.0. The van der Waals surface area contributed by atoms with E-state index in [9.17, 15) is 14.4 Å². The van der Waals surface area contributed by atoms with Gasteiger partial charge >= 0.3 is 5.97 Å². The Bertz CT molecular complexity index is 560. The Morgan fingerprint density at radius 2 is 1.91 bits per heavy atom. The molecule has 2 amide bonds. The van der Waals surface area contributed by atoms with Gasteiger partial charge in [-0.05, 0) is 19.1 Å². The minimum Gasteiger partial charge on any atom is -0.480 e. The molecule has 0 saturated carbocycles. The maximum absolute atomic E-state index is 12.2. The lowest BCUT2D eigenvalue weighted by Crippen LogP contribution is -2.30. The van der Waals surface area contributed by atoms with Gasteiger partial charge in [0.2, 0.25) is 5.91 Å². The molecule has 2 N–H and O–H groups in total. The fourth-order valence-electron chi connectivity index (χ4n) is 1.60. The van der Waals surface area contributed by atoms with Gasteiger partial charge in [0.15, 0.2) is 0 Å². The zero-order valence-electron chi connectivity index (χ0n) is 12.8. The van der Waals surface area contributed by atoms with Crippen LogP contribution >= 0.6 is 11.8 Å². The highest BCUT2D eigenvalue weighted by atomic mass is 32.2. The Morgan fingerprint density at radius 3 is 2.50 bits per heavy atom. The molecule has 0 aliphatic rings. The summed E-state index contributed by atoms with van der Waals surface area (Å²) >= 11 is 1.12. The van der Waals surface area contributed by atoms with Crippen molar-refractivity contribution in [3.8, 4) is 0 Å². The molecule has 1 aromatic carbocycles. The minimum absolute atomic E-state index is 0.0672. The van der Waals surface area contributed by atoms with Crippen LogP contribution in [0.5, 0.6) is 0 Å². The Labute approximate surface area is 133 Å². The van der Waals surface area contributed by atoms with Gasteiger partial charge in [-0.2, -0.15) is 0 Å². The van der Waals surface area contributed by atoms with Crippen LogP contribution in [0.25, 0.3) is 0 Å². The summed E-state index contributed by atoms with van der Waals surface area (Å²) in [6.07, 6.45) is 0.222. The molecule has 1 aromatic rings. The van der Waals surface area contributed by atoms with Gasteiger partial charge in [-0.15, -0.1) is 11.8 Å². The molecule has 0 radical (unpaired) electrons. The number of thioether (sulfide) groups is 1. The summed E-state index contributed by atoms with van der Waals surface area (Å²) in [6.45, 7) is 1.81. The van der Waals surface area contributed by atoms with Crippen molar-refractivity contribution in [1.29, 1.82) is 0 Å². The molecule has 0 aromatic heterocycles. The van der Waals surface area contributed by atoms with Gasteiger partial charge in [-0.25, -0.2) is 0 Å². The van der Waals surface area contributed by atoms with E-state index >= 15 is 0 Å². The summed E-state index contributed by atoms with van der Waals surface area (Å²) in [4.78, 5) is 36.6. The number of hydrogen-bond donors (Lipinski definition) is 2. The number of nitrogens with zero attached hydrogens (tertiary/aromatic N) is 1. The van der Waals surface area contributed by atoms with Crippen molar-refractivity contribution >= 4 is 29.5 Å². The molecule has 6 nitrogen and oxygen atoms in total. The molecule has 0 saturated heterocycles. The van der Waals surface area contributed by atoms with E-state index in [1.54, 1.807) is 45.3 Å². The first-order valence-corrected chi connectivity index (χ1v) is 7.67. The van der Waals surface area contributed by atoms with Crippen LogP contribution in [0.15, 0.2) is 29.2 Å². The van der Waals surface area contributed by atoms with Crippen LogP contribution in [0, 0.1) is 0 Å². The van der Waals surface area contributed by atoms with Gasteiger partial charge in [-0.1, -0.05) is 12.1 Å². The van der Waals surface area contributed by atoms with Crippen LogP contribution in [0.1, 0.15) is 23.7 Å². The van der Waals surface area contributed by atoms with E-state index in [0.717, 1.165) is 11.8 Å². The Balaban J connectivity index is 2.69. The number of amides is 2. The topological polar surface area (TPSA) is 86.7 Å². The summed E-state index contributed by atoms with van der Waals surface area (Å²) < 4.78 is 0. The zero-order chi connectivity index (χ0) is 16.7. The lowest BCUT2D eigenvalue weighted by Gasteiger charge is -2.13. The zero-order valence-corrected chi connectivity index (χ0v) is 13.6. The maximum atomic E-state index is 12.2. The second-order valence-corrected chi connectivity index (χ2v) is 6.27. The van der Waals surface area contributed by atoms with E-state index in [4.69, 9.17) is 5.11 Å². The van der Waals surface area contributed by atoms with Gasteiger partial charge in [0, 0.05) is 32.0 Å². The van der Waals surface area contributed by atoms with Crippen molar-refractivity contribution in [2.24, 2.45) is 0 Å². The number of hydrogen-bond acceptors (Lipinski definition) is 4. The smallest absolute Gasteiger partial charge is 0.316 e. The number of carboxylic acid groups (broad SMARTS) is 1. The van der Waals surface area contributed by atoms with Crippen LogP contribution in [-0.4, -0.2) is 53.7 Å². The highest BCUT2D eigenvalue weighted by Crippen LogP contribution is 2.26. The van der Waals surface area contributed by atoms with Gasteiger partial charge in [0.1, 0.15) is 5.25 Å². The molecule has 0 fully saturated rings. The summed E-state index contributed by atoms with van der Waals surface area (Å²) in [7, 11) is 3.31. The first-order valence-electron chi connectivity index (χ1n) is 6.79. The van der Waals surface area contributed by atoms with Gasteiger partial charge in [-0.3, -0.25) is 14.4 Å². The number of aliphatic carboxylic acids is 1. The predicted octanol–water partition coefficient (Wildman–Crippen LogP) is 1.46. The van der Waals surface area contributed by atoms with Gasteiger partial charge in [0.05, 0.1) is 5.56 Å². The Morgan fingerprint density at radius 1 is 1.27 bits per heavy atom. The number of carboxylic acids is 1. The van der Waals surface area contributed by atoms with Crippen molar-refractivity contribution in [1.82, 2.24) is 10.2 Å². The Hall–Kier alpha value is -2.02. The molecule has 1 rings (SSSR count). The third-order valence-corrected chi connectivity index (χ3v) is 4.07. The number of nitrogens with one attached hydrogen (secondary N) is 1. The lowest BCUT2D eigenvalue weighted by molar-refractivity contribution is -0.136. The van der Waals surface area contributed by atoms with Crippen LogP contribution in [0.3, 0.4) is 0 Å². The SMILES string of the molecule is CC(Sc1ccccc1C(=O)NCCC(=O)N(C)C)C(=O)O. The Kier molecular flexibility index (Phi) is 6.91. The monoisotopic (exact) mass is 324 g/mol. The van der Waals surface area contributed by atoms with E-state index in [-0.39, 0.29) is 24.8 Å². The number of carbonyl (C=O) groups excluding carboxylic acids is 2. The minimum atomic E-state index is -0.934. The number of rotatable bonds is 7. The summed E-state index contributed by atoms with van der Waals surface area (Å²) in [5.74, 6) is -1.31. The maximum Gasteiger partial charge on any atom is 0.316 e. The van der Waals surface area contributed by atoms with Crippen LogP contribution in [0.2, 0.25) is 0 Å². The number of carbonyl (C=O) groups is 3. The molecule has 120 valence electrons. The van der Waals surface area contributed by atoms with Crippen LogP contribution < -0.4 is 5.32 Å². The summed E-state index contributed by atoms with van der Waals surface area (Å²) in [6, 6.07) is 6.82. The van der Waals surface area contributed by atoms with E-state index < -0.39 is 11.2 Å². The van der Waals surface area contributed by atoms with Crippen molar-refractivity contribution in [3.63, 3.8) is 0 Å². The van der Waals surface area contributed by atoms with Crippen LogP contribution in [-0.2, 0) is 9.59 Å². The fraction of sp³-hybridized carbons (Fsp3) is 0.400. The second kappa shape index (κ2) is 8.43. The molecular formula is C15H20N2O4S. The molecule has 7 heteroatoms. The van der Waals surface area contributed by atoms with E-state index in [2.05, 4.69) is 5.32 Å². The predicted molar refractivity (Wildman–Crippen MR) is 85.0 cm³/mol. The largest absolute Gasteiger partial charge is 0.480 e. The first kappa shape index (κ1) is 18.0. The van der Waals surface area contributed by atoms with Crippen LogP contribution in [0.4, 0.5) is 0 Å². The normalized spacial score (nSPS) is 11.6. The van der Waals surface area contributed by atoms with E-state index in [1.165, 1.54) is 4.90 Å². The average molecular weight is 324 g/mol. The second-order valence-electron chi connectivity index (χ2n) is 4.89. The molecular weight excluding hydrogens is 304 g/mol. The lowest BCUT2D eigenvalue weighted by atomic mass is 10.2. The number of benzene rings is 1. The van der Waals surface area contributed by atoms with Crippen molar-refractivity contribution in [3.05, 3.63) is 29.8 Å². The highest BCUT2D eigenvalue weighted by molar-refractivity contribution is 8.00. The molecule has 22 heavy (non-hydrogen) atoms. The van der Waals surface area contributed by atoms with Crippen molar-refractivity contribution < 1.29 is 19.5 Å². The van der Waals surface area contributed by atoms with Crippen molar-refractivity contribution in [2.75, 3.05) is 20.6 Å². The first-order chi connectivity index (χ1) is 10.3. The standard InChI is InChI=1S/C15H20N2O4S/c1-10(15(20)21)22-12-7-5-4-6-11(12)14(19)16-9-8-13(18)17(2)3/h4-7,10H,8-9H2,1-3H3,(H,16,19)(H,20,21). The molecule has 0 spiro atoms. The van der Waals surface area contributed by atoms with E-state index in [1.807, 2.05) is 0 Å². The highest BCUT2D eigenvalue weighted by Gasteiger charge is 2.17. The van der Waals surface area contributed by atoms with Crippen molar-refractivity contribution in [2.45, 2.75) is 23.5 Å². The molecule has 0 aliphatic heterocycles. The summed E-state index contributed by atoms with van der Waals surface area (Å²) in [5.41, 5.74) is 0.415. The third kappa shape index (κ3) is 5.40. The molecule has 0 aliphatic carbocycles. The molecule has 0 heterocycles. The van der Waals surface area contributed by atoms with E-state index in [0.29, 0.717) is 10.5 Å². The molecule has 1 atom stereocenters.